The summed E-state index contributed by atoms with van der Waals surface area (Å²) >= 11 is 0. The lowest BCUT2D eigenvalue weighted by atomic mass is 9.98. The highest BCUT2D eigenvalue weighted by atomic mass is 16.6. The molecule has 2 aliphatic rings. The number of aliphatic carboxylic acids is 1. The van der Waals surface area contributed by atoms with Crippen LogP contribution < -0.4 is 0 Å². The number of likely N-dealkylation sites (tertiary alicyclic amines) is 1. The summed E-state index contributed by atoms with van der Waals surface area (Å²) in [5, 5.41) is 9.18. The van der Waals surface area contributed by atoms with Crippen LogP contribution in [0.1, 0.15) is 36.8 Å². The molecule has 2 atom stereocenters. The number of ether oxygens (including phenoxy) is 1. The van der Waals surface area contributed by atoms with Crippen LogP contribution in [-0.2, 0) is 9.53 Å². The fourth-order valence-electron chi connectivity index (χ4n) is 4.82. The van der Waals surface area contributed by atoms with Gasteiger partial charge in [-0.15, -0.1) is 0 Å². The monoisotopic (exact) mass is 422 g/mol. The van der Waals surface area contributed by atoms with E-state index in [9.17, 15) is 14.7 Å². The second-order valence-corrected chi connectivity index (χ2v) is 8.71. The van der Waals surface area contributed by atoms with Crippen molar-refractivity contribution in [3.63, 3.8) is 0 Å². The van der Waals surface area contributed by atoms with Crippen LogP contribution in [0.4, 0.5) is 4.79 Å². The lowest BCUT2D eigenvalue weighted by molar-refractivity contribution is -0.141. The van der Waals surface area contributed by atoms with Crippen LogP contribution >= 0.6 is 0 Å². The van der Waals surface area contributed by atoms with E-state index in [1.54, 1.807) is 18.9 Å². The molecule has 31 heavy (non-hydrogen) atoms. The Labute approximate surface area is 183 Å². The minimum Gasteiger partial charge on any atom is -0.481 e. The Morgan fingerprint density at radius 1 is 1.13 bits per heavy atom. The molecule has 6 heteroatoms. The van der Waals surface area contributed by atoms with E-state index >= 15 is 0 Å². The van der Waals surface area contributed by atoms with Gasteiger partial charge in [-0.3, -0.25) is 4.79 Å². The van der Waals surface area contributed by atoms with Crippen molar-refractivity contribution in [3.8, 4) is 11.1 Å². The molecule has 0 spiro atoms. The van der Waals surface area contributed by atoms with Crippen LogP contribution in [0.2, 0.25) is 0 Å². The highest BCUT2D eigenvalue weighted by Gasteiger charge is 2.32. The van der Waals surface area contributed by atoms with Gasteiger partial charge in [-0.05, 0) is 41.6 Å². The number of rotatable bonds is 6. The summed E-state index contributed by atoms with van der Waals surface area (Å²) in [4.78, 5) is 27.8. The summed E-state index contributed by atoms with van der Waals surface area (Å²) in [6, 6.07) is 16.6. The minimum atomic E-state index is -0.785. The van der Waals surface area contributed by atoms with Gasteiger partial charge in [-0.2, -0.15) is 0 Å². The Morgan fingerprint density at radius 2 is 1.74 bits per heavy atom. The molecule has 1 heterocycles. The van der Waals surface area contributed by atoms with Gasteiger partial charge in [0.1, 0.15) is 6.61 Å². The molecule has 2 aromatic carbocycles. The Bertz CT molecular complexity index is 915. The standard InChI is InChI=1S/C25H30N2O4/c1-17(24(28)29)14-27-13-7-8-18(15-27)26(2)25(30)31-16-23-21-11-5-3-9-19(21)20-10-4-6-12-22(20)23/h3-6,9-12,17-18,23H,7-8,13-16H2,1-2H3,(H,28,29). The van der Waals surface area contributed by atoms with Gasteiger partial charge < -0.3 is 19.6 Å². The Morgan fingerprint density at radius 3 is 2.35 bits per heavy atom. The summed E-state index contributed by atoms with van der Waals surface area (Å²) in [5.74, 6) is -1.16. The molecular formula is C25H30N2O4. The zero-order valence-corrected chi connectivity index (χ0v) is 18.2. The van der Waals surface area contributed by atoms with Crippen molar-refractivity contribution in [1.82, 2.24) is 9.80 Å². The third-order valence-electron chi connectivity index (χ3n) is 6.61. The molecule has 1 N–H and O–H groups in total. The molecule has 2 aromatic rings. The van der Waals surface area contributed by atoms with Crippen LogP contribution in [-0.4, -0.2) is 66.3 Å². The minimum absolute atomic E-state index is 0.0328. The number of hydrogen-bond donors (Lipinski definition) is 1. The van der Waals surface area contributed by atoms with Crippen molar-refractivity contribution >= 4 is 12.1 Å². The van der Waals surface area contributed by atoms with Crippen LogP contribution in [0.15, 0.2) is 48.5 Å². The van der Waals surface area contributed by atoms with Gasteiger partial charge in [-0.1, -0.05) is 55.5 Å². The van der Waals surface area contributed by atoms with E-state index in [2.05, 4.69) is 29.2 Å². The fourth-order valence-corrected chi connectivity index (χ4v) is 4.82. The molecule has 4 rings (SSSR count). The largest absolute Gasteiger partial charge is 0.481 e. The lowest BCUT2D eigenvalue weighted by Gasteiger charge is -2.37. The maximum absolute atomic E-state index is 12.9. The number of nitrogens with zero attached hydrogens (tertiary/aromatic N) is 2. The van der Waals surface area contributed by atoms with E-state index in [0.717, 1.165) is 19.4 Å². The van der Waals surface area contributed by atoms with E-state index in [1.165, 1.54) is 22.3 Å². The van der Waals surface area contributed by atoms with Crippen LogP contribution in [0.3, 0.4) is 0 Å². The van der Waals surface area contributed by atoms with Crippen molar-refractivity contribution in [1.29, 1.82) is 0 Å². The molecule has 0 bridgehead atoms. The van der Waals surface area contributed by atoms with Gasteiger partial charge in [0, 0.05) is 32.1 Å². The predicted octanol–water partition coefficient (Wildman–Crippen LogP) is 4.05. The number of piperidine rings is 1. The number of fused-ring (bicyclic) bond motifs is 3. The molecule has 1 aliphatic heterocycles. The molecule has 1 amide bonds. The molecule has 1 saturated heterocycles. The molecular weight excluding hydrogens is 392 g/mol. The summed E-state index contributed by atoms with van der Waals surface area (Å²) < 4.78 is 5.78. The first-order valence-corrected chi connectivity index (χ1v) is 11.0. The van der Waals surface area contributed by atoms with Gasteiger partial charge in [0.05, 0.1) is 5.92 Å². The second-order valence-electron chi connectivity index (χ2n) is 8.71. The number of hydrogen-bond acceptors (Lipinski definition) is 4. The summed E-state index contributed by atoms with van der Waals surface area (Å²) in [7, 11) is 1.79. The number of benzene rings is 2. The molecule has 6 nitrogen and oxygen atoms in total. The van der Waals surface area contributed by atoms with E-state index in [1.807, 2.05) is 24.3 Å². The van der Waals surface area contributed by atoms with Crippen LogP contribution in [0, 0.1) is 5.92 Å². The van der Waals surface area contributed by atoms with Gasteiger partial charge in [0.2, 0.25) is 0 Å². The van der Waals surface area contributed by atoms with E-state index in [4.69, 9.17) is 4.74 Å². The topological polar surface area (TPSA) is 70.1 Å². The first-order chi connectivity index (χ1) is 15.0. The maximum Gasteiger partial charge on any atom is 0.409 e. The zero-order chi connectivity index (χ0) is 22.0. The summed E-state index contributed by atoms with van der Waals surface area (Å²) in [6.07, 6.45) is 1.52. The highest BCUT2D eigenvalue weighted by molar-refractivity contribution is 5.79. The lowest BCUT2D eigenvalue weighted by Crippen LogP contribution is -2.50. The van der Waals surface area contributed by atoms with Gasteiger partial charge in [0.25, 0.3) is 0 Å². The number of carbonyl (C=O) groups is 2. The van der Waals surface area contributed by atoms with Crippen molar-refractivity contribution < 1.29 is 19.4 Å². The third kappa shape index (κ3) is 4.44. The van der Waals surface area contributed by atoms with E-state index in [-0.39, 0.29) is 18.1 Å². The molecule has 1 fully saturated rings. The normalized spacial score (nSPS) is 19.4. The fraction of sp³-hybridized carbons (Fsp3) is 0.440. The molecule has 2 unspecified atom stereocenters. The molecule has 0 aromatic heterocycles. The SMILES string of the molecule is CC(CN1CCCC(N(C)C(=O)OCC2c3ccccc3-c3ccccc32)C1)C(=O)O. The predicted molar refractivity (Wildman–Crippen MR) is 119 cm³/mol. The number of carbonyl (C=O) groups excluding carboxylic acids is 1. The number of carboxylic acids is 1. The number of amides is 1. The Balaban J connectivity index is 1.38. The van der Waals surface area contributed by atoms with Crippen molar-refractivity contribution in [3.05, 3.63) is 59.7 Å². The molecule has 164 valence electrons. The molecule has 0 saturated carbocycles. The smallest absolute Gasteiger partial charge is 0.409 e. The van der Waals surface area contributed by atoms with Crippen LogP contribution in [0.25, 0.3) is 11.1 Å². The average molecular weight is 423 g/mol. The first kappa shape index (κ1) is 21.4. The first-order valence-electron chi connectivity index (χ1n) is 11.0. The number of likely N-dealkylation sites (N-methyl/N-ethyl adjacent to an activating group) is 1. The van der Waals surface area contributed by atoms with E-state index < -0.39 is 11.9 Å². The summed E-state index contributed by atoms with van der Waals surface area (Å²) in [5.41, 5.74) is 4.82. The highest BCUT2D eigenvalue weighted by Crippen LogP contribution is 2.44. The summed E-state index contributed by atoms with van der Waals surface area (Å²) in [6.45, 7) is 4.08. The van der Waals surface area contributed by atoms with E-state index in [0.29, 0.717) is 19.7 Å². The van der Waals surface area contributed by atoms with Crippen molar-refractivity contribution in [2.75, 3.05) is 33.3 Å². The van der Waals surface area contributed by atoms with Gasteiger partial charge >= 0.3 is 12.1 Å². The zero-order valence-electron chi connectivity index (χ0n) is 18.2. The molecule has 1 aliphatic carbocycles. The second kappa shape index (κ2) is 9.10. The quantitative estimate of drug-likeness (QED) is 0.760. The molecule has 0 radical (unpaired) electrons. The Kier molecular flexibility index (Phi) is 6.28. The van der Waals surface area contributed by atoms with Crippen molar-refractivity contribution in [2.45, 2.75) is 31.7 Å². The van der Waals surface area contributed by atoms with Crippen LogP contribution in [0.5, 0.6) is 0 Å². The average Bonchev–Trinajstić information content (AvgIpc) is 3.11. The van der Waals surface area contributed by atoms with Crippen molar-refractivity contribution in [2.24, 2.45) is 5.92 Å². The van der Waals surface area contributed by atoms with Gasteiger partial charge in [0.15, 0.2) is 0 Å². The number of carboxylic acid groups (broad SMARTS) is 1. The van der Waals surface area contributed by atoms with Gasteiger partial charge in [-0.25, -0.2) is 4.79 Å². The third-order valence-corrected chi connectivity index (χ3v) is 6.61. The maximum atomic E-state index is 12.9. The Hall–Kier alpha value is -2.86.